The van der Waals surface area contributed by atoms with Gasteiger partial charge >= 0.3 is 0 Å². The fourth-order valence-electron chi connectivity index (χ4n) is 2.58. The third kappa shape index (κ3) is 3.93. The van der Waals surface area contributed by atoms with E-state index in [-0.39, 0.29) is 11.9 Å². The smallest absolute Gasteiger partial charge is 0.124 e. The molecule has 0 saturated carbocycles. The highest BCUT2D eigenvalue weighted by atomic mass is 19.1. The summed E-state index contributed by atoms with van der Waals surface area (Å²) in [7, 11) is 0. The number of anilines is 1. The van der Waals surface area contributed by atoms with E-state index in [0.29, 0.717) is 11.3 Å². The van der Waals surface area contributed by atoms with Crippen LogP contribution in [-0.4, -0.2) is 30.6 Å². The Bertz CT molecular complexity index is 461. The van der Waals surface area contributed by atoms with Gasteiger partial charge < -0.3 is 10.2 Å². The van der Waals surface area contributed by atoms with Crippen molar-refractivity contribution >= 4 is 5.69 Å². The minimum absolute atomic E-state index is 0.246. The van der Waals surface area contributed by atoms with Crippen LogP contribution in [0.25, 0.3) is 0 Å². The van der Waals surface area contributed by atoms with E-state index < -0.39 is 0 Å². The van der Waals surface area contributed by atoms with Gasteiger partial charge in [-0.1, -0.05) is 6.42 Å². The number of benzene rings is 1. The maximum Gasteiger partial charge on any atom is 0.124 e. The van der Waals surface area contributed by atoms with Crippen molar-refractivity contribution in [1.82, 2.24) is 4.90 Å². The Hall–Kier alpha value is -1.60. The summed E-state index contributed by atoms with van der Waals surface area (Å²) < 4.78 is 13.1. The van der Waals surface area contributed by atoms with Crippen LogP contribution in [0.2, 0.25) is 0 Å². The van der Waals surface area contributed by atoms with Crippen LogP contribution in [-0.2, 0) is 0 Å². The molecule has 19 heavy (non-hydrogen) atoms. The fourth-order valence-corrected chi connectivity index (χ4v) is 2.58. The summed E-state index contributed by atoms with van der Waals surface area (Å²) in [6, 6.07) is 6.57. The van der Waals surface area contributed by atoms with Gasteiger partial charge in [0, 0.05) is 12.6 Å². The molecule has 1 N–H and O–H groups in total. The first-order chi connectivity index (χ1) is 9.19. The predicted molar refractivity (Wildman–Crippen MR) is 74.5 cm³/mol. The topological polar surface area (TPSA) is 39.1 Å². The van der Waals surface area contributed by atoms with E-state index in [1.807, 2.05) is 6.07 Å². The van der Waals surface area contributed by atoms with Gasteiger partial charge in [0.15, 0.2) is 0 Å². The SMILES string of the molecule is CC(CN1CCCCC1)Nc1ccc(F)cc1C#N. The van der Waals surface area contributed by atoms with E-state index in [0.717, 1.165) is 19.6 Å². The predicted octanol–water partition coefficient (Wildman–Crippen LogP) is 2.98. The van der Waals surface area contributed by atoms with Crippen LogP contribution < -0.4 is 5.32 Å². The monoisotopic (exact) mass is 261 g/mol. The van der Waals surface area contributed by atoms with Crippen molar-refractivity contribution in [2.75, 3.05) is 25.0 Å². The van der Waals surface area contributed by atoms with Crippen molar-refractivity contribution in [1.29, 1.82) is 5.26 Å². The Morgan fingerprint density at radius 2 is 2.11 bits per heavy atom. The Morgan fingerprint density at radius 3 is 2.79 bits per heavy atom. The van der Waals surface area contributed by atoms with E-state index >= 15 is 0 Å². The lowest BCUT2D eigenvalue weighted by atomic mass is 10.1. The molecule has 1 aromatic rings. The Morgan fingerprint density at radius 1 is 1.37 bits per heavy atom. The van der Waals surface area contributed by atoms with Crippen LogP contribution >= 0.6 is 0 Å². The number of nitrogens with zero attached hydrogens (tertiary/aromatic N) is 2. The highest BCUT2D eigenvalue weighted by Crippen LogP contribution is 2.18. The van der Waals surface area contributed by atoms with Gasteiger partial charge in [0.05, 0.1) is 11.3 Å². The van der Waals surface area contributed by atoms with Gasteiger partial charge in [-0.15, -0.1) is 0 Å². The molecule has 1 heterocycles. The molecule has 2 rings (SSSR count). The van der Waals surface area contributed by atoms with Crippen LogP contribution in [0.4, 0.5) is 10.1 Å². The Kier molecular flexibility index (Phi) is 4.75. The van der Waals surface area contributed by atoms with Crippen LogP contribution in [0.15, 0.2) is 18.2 Å². The zero-order valence-corrected chi connectivity index (χ0v) is 11.3. The Balaban J connectivity index is 1.94. The zero-order chi connectivity index (χ0) is 13.7. The normalized spacial score (nSPS) is 17.7. The molecular formula is C15H20FN3. The average Bonchev–Trinajstić information content (AvgIpc) is 2.42. The van der Waals surface area contributed by atoms with Gasteiger partial charge in [-0.2, -0.15) is 5.26 Å². The standard InChI is InChI=1S/C15H20FN3/c1-12(11-19-7-3-2-4-8-19)18-15-6-5-14(16)9-13(15)10-17/h5-6,9,12,18H,2-4,7-8,11H2,1H3. The third-order valence-electron chi connectivity index (χ3n) is 3.48. The molecule has 102 valence electrons. The highest BCUT2D eigenvalue weighted by Gasteiger charge is 2.14. The van der Waals surface area contributed by atoms with E-state index in [4.69, 9.17) is 5.26 Å². The summed E-state index contributed by atoms with van der Waals surface area (Å²) in [5, 5.41) is 12.3. The van der Waals surface area contributed by atoms with E-state index in [2.05, 4.69) is 17.1 Å². The fraction of sp³-hybridized carbons (Fsp3) is 0.533. The molecule has 4 heteroatoms. The van der Waals surface area contributed by atoms with Gasteiger partial charge in [-0.3, -0.25) is 0 Å². The summed E-state index contributed by atoms with van der Waals surface area (Å²) in [4.78, 5) is 2.44. The van der Waals surface area contributed by atoms with E-state index in [1.54, 1.807) is 6.07 Å². The van der Waals surface area contributed by atoms with Crippen molar-refractivity contribution < 1.29 is 4.39 Å². The second-order valence-corrected chi connectivity index (χ2v) is 5.21. The molecule has 0 aromatic heterocycles. The molecule has 1 fully saturated rings. The van der Waals surface area contributed by atoms with Crippen molar-refractivity contribution in [3.05, 3.63) is 29.6 Å². The van der Waals surface area contributed by atoms with Gasteiger partial charge in [0.1, 0.15) is 11.9 Å². The van der Waals surface area contributed by atoms with Gasteiger partial charge in [0.25, 0.3) is 0 Å². The molecule has 1 unspecified atom stereocenters. The number of hydrogen-bond donors (Lipinski definition) is 1. The highest BCUT2D eigenvalue weighted by molar-refractivity contribution is 5.57. The summed E-state index contributed by atoms with van der Waals surface area (Å²) in [5.74, 6) is -0.370. The largest absolute Gasteiger partial charge is 0.380 e. The number of halogens is 1. The van der Waals surface area contributed by atoms with Crippen LogP contribution in [0.3, 0.4) is 0 Å². The van der Waals surface area contributed by atoms with Crippen molar-refractivity contribution in [3.8, 4) is 6.07 Å². The quantitative estimate of drug-likeness (QED) is 0.905. The number of rotatable bonds is 4. The molecule has 1 aliphatic heterocycles. The minimum Gasteiger partial charge on any atom is -0.380 e. The first kappa shape index (κ1) is 13.8. The lowest BCUT2D eigenvalue weighted by molar-refractivity contribution is 0.223. The first-order valence-corrected chi connectivity index (χ1v) is 6.87. The number of hydrogen-bond acceptors (Lipinski definition) is 3. The van der Waals surface area contributed by atoms with Crippen LogP contribution in [0.1, 0.15) is 31.7 Å². The summed E-state index contributed by atoms with van der Waals surface area (Å²) in [5.41, 5.74) is 1.08. The molecule has 0 aliphatic carbocycles. The number of likely N-dealkylation sites (tertiary alicyclic amines) is 1. The molecule has 1 aliphatic rings. The molecule has 1 aromatic carbocycles. The van der Waals surface area contributed by atoms with Crippen LogP contribution in [0.5, 0.6) is 0 Å². The first-order valence-electron chi connectivity index (χ1n) is 6.87. The number of piperidine rings is 1. The van der Waals surface area contributed by atoms with E-state index in [1.165, 1.54) is 31.4 Å². The molecule has 1 atom stereocenters. The zero-order valence-electron chi connectivity index (χ0n) is 11.3. The maximum absolute atomic E-state index is 13.1. The molecule has 0 amide bonds. The third-order valence-corrected chi connectivity index (χ3v) is 3.48. The average molecular weight is 261 g/mol. The lowest BCUT2D eigenvalue weighted by Crippen LogP contribution is -2.38. The van der Waals surface area contributed by atoms with Gasteiger partial charge in [-0.05, 0) is 51.1 Å². The molecule has 0 bridgehead atoms. The second kappa shape index (κ2) is 6.53. The van der Waals surface area contributed by atoms with E-state index in [9.17, 15) is 4.39 Å². The summed E-state index contributed by atoms with van der Waals surface area (Å²) >= 11 is 0. The Labute approximate surface area is 114 Å². The molecular weight excluding hydrogens is 241 g/mol. The van der Waals surface area contributed by atoms with Crippen LogP contribution in [0, 0.1) is 17.1 Å². The van der Waals surface area contributed by atoms with Crippen molar-refractivity contribution in [2.45, 2.75) is 32.2 Å². The molecule has 0 radical (unpaired) electrons. The molecule has 1 saturated heterocycles. The maximum atomic E-state index is 13.1. The number of nitrogens with one attached hydrogen (secondary N) is 1. The van der Waals surface area contributed by atoms with Crippen molar-refractivity contribution in [2.24, 2.45) is 0 Å². The minimum atomic E-state index is -0.370. The number of nitriles is 1. The molecule has 3 nitrogen and oxygen atoms in total. The van der Waals surface area contributed by atoms with Crippen molar-refractivity contribution in [3.63, 3.8) is 0 Å². The summed E-state index contributed by atoms with van der Waals surface area (Å²) in [6.45, 7) is 5.36. The molecule has 0 spiro atoms. The lowest BCUT2D eigenvalue weighted by Gasteiger charge is -2.29. The van der Waals surface area contributed by atoms with Gasteiger partial charge in [0.2, 0.25) is 0 Å². The van der Waals surface area contributed by atoms with Gasteiger partial charge in [-0.25, -0.2) is 4.39 Å². The summed E-state index contributed by atoms with van der Waals surface area (Å²) in [6.07, 6.45) is 3.87. The second-order valence-electron chi connectivity index (χ2n) is 5.21.